The van der Waals surface area contributed by atoms with Crippen molar-refractivity contribution in [1.29, 1.82) is 0 Å². The largest absolute Gasteiger partial charge is 0.478 e. The van der Waals surface area contributed by atoms with Crippen LogP contribution in [0.2, 0.25) is 0 Å². The molecule has 0 bridgehead atoms. The van der Waals surface area contributed by atoms with E-state index in [0.717, 1.165) is 38.2 Å². The van der Waals surface area contributed by atoms with Gasteiger partial charge in [-0.2, -0.15) is 0 Å². The number of carbonyl (C=O) groups is 2. The first-order valence-electron chi connectivity index (χ1n) is 10.8. The van der Waals surface area contributed by atoms with Crippen molar-refractivity contribution in [1.82, 2.24) is 0 Å². The predicted octanol–water partition coefficient (Wildman–Crippen LogP) is 3.75. The third-order valence-corrected chi connectivity index (χ3v) is 9.16. The van der Waals surface area contributed by atoms with E-state index in [4.69, 9.17) is 5.11 Å². The Kier molecular flexibility index (Phi) is 3.79. The molecule has 0 radical (unpaired) electrons. The van der Waals surface area contributed by atoms with E-state index in [2.05, 4.69) is 6.92 Å². The van der Waals surface area contributed by atoms with Crippen LogP contribution in [0, 0.1) is 40.9 Å². The second-order valence-corrected chi connectivity index (χ2v) is 9.79. The van der Waals surface area contributed by atoms with Crippen LogP contribution >= 0.6 is 0 Å². The molecule has 8 atom stereocenters. The van der Waals surface area contributed by atoms with Crippen molar-refractivity contribution in [2.75, 3.05) is 0 Å². The number of carbonyl (C=O) groups excluding carboxylic acids is 1. The zero-order valence-electron chi connectivity index (χ0n) is 16.1. The van der Waals surface area contributed by atoms with Crippen LogP contribution in [0.5, 0.6) is 0 Å². The number of hydrogen-bond acceptors (Lipinski definition) is 3. The van der Waals surface area contributed by atoms with Gasteiger partial charge in [0.05, 0.1) is 5.60 Å². The number of carboxylic acid groups (broad SMARTS) is 1. The van der Waals surface area contributed by atoms with Crippen LogP contribution < -0.4 is 0 Å². The van der Waals surface area contributed by atoms with E-state index in [1.807, 2.05) is 6.08 Å². The Hall–Kier alpha value is -1.42. The van der Waals surface area contributed by atoms with Crippen LogP contribution in [0.4, 0.5) is 0 Å². The van der Waals surface area contributed by atoms with Crippen LogP contribution in [-0.2, 0) is 9.59 Å². The Morgan fingerprint density at radius 2 is 2.04 bits per heavy atom. The summed E-state index contributed by atoms with van der Waals surface area (Å²) in [6.45, 7) is 2.18. The summed E-state index contributed by atoms with van der Waals surface area (Å²) in [6, 6.07) is 0. The van der Waals surface area contributed by atoms with Gasteiger partial charge in [-0.15, -0.1) is 0 Å². The molecule has 4 heteroatoms. The van der Waals surface area contributed by atoms with Gasteiger partial charge in [0.2, 0.25) is 0 Å². The molecule has 0 heterocycles. The molecule has 2 N–H and O–H groups in total. The first-order chi connectivity index (χ1) is 12.9. The summed E-state index contributed by atoms with van der Waals surface area (Å²) in [6.07, 6.45) is 12.3. The lowest BCUT2D eigenvalue weighted by atomic mass is 9.49. The van der Waals surface area contributed by atoms with Gasteiger partial charge in [-0.3, -0.25) is 4.79 Å². The van der Waals surface area contributed by atoms with E-state index in [1.165, 1.54) is 12.0 Å². The molecule has 4 nitrogen and oxygen atoms in total. The Labute approximate surface area is 160 Å². The van der Waals surface area contributed by atoms with Gasteiger partial charge in [0.15, 0.2) is 5.78 Å². The molecule has 0 amide bonds. The lowest BCUT2D eigenvalue weighted by Gasteiger charge is -2.56. The molecule has 5 aliphatic rings. The average Bonchev–Trinajstić information content (AvgIpc) is 3.39. The number of aliphatic hydroxyl groups is 1. The topological polar surface area (TPSA) is 74.6 Å². The summed E-state index contributed by atoms with van der Waals surface area (Å²) in [5.41, 5.74) is 0.290. The standard InChI is InChI=1S/C23H30O4/c1-2-22-8-5-15-14-4-3-13(24)11-16(14)17-12-18(17)21(15)19(22)6-9-23(22,27)10-7-20(25)26/h7,10-11,14-15,17-19,21,27H,2-6,8-9,12H2,1H3,(H,25,26)/b10-7-/t14-,15-,17-,18-,19+,21+,22+,23-/m1/s1. The third kappa shape index (κ3) is 2.31. The molecule has 0 spiro atoms. The van der Waals surface area contributed by atoms with Gasteiger partial charge in [-0.05, 0) is 92.6 Å². The number of allylic oxidation sites excluding steroid dienone is 1. The first-order valence-corrected chi connectivity index (χ1v) is 10.8. The fraction of sp³-hybridized carbons (Fsp3) is 0.739. The van der Waals surface area contributed by atoms with Crippen molar-refractivity contribution in [3.8, 4) is 0 Å². The first kappa shape index (κ1) is 17.7. The number of ketones is 1. The van der Waals surface area contributed by atoms with Crippen molar-refractivity contribution in [2.45, 2.75) is 63.9 Å². The summed E-state index contributed by atoms with van der Waals surface area (Å²) >= 11 is 0. The molecule has 0 aliphatic heterocycles. The molecule has 0 aromatic rings. The smallest absolute Gasteiger partial charge is 0.328 e. The molecule has 146 valence electrons. The monoisotopic (exact) mass is 370 g/mol. The molecule has 0 unspecified atom stereocenters. The Morgan fingerprint density at radius 1 is 1.22 bits per heavy atom. The maximum atomic E-state index is 12.0. The average molecular weight is 370 g/mol. The summed E-state index contributed by atoms with van der Waals surface area (Å²) in [5, 5.41) is 20.6. The van der Waals surface area contributed by atoms with E-state index in [0.29, 0.717) is 54.1 Å². The van der Waals surface area contributed by atoms with E-state index < -0.39 is 11.6 Å². The maximum Gasteiger partial charge on any atom is 0.328 e. The van der Waals surface area contributed by atoms with Crippen LogP contribution in [0.15, 0.2) is 23.8 Å². The summed E-state index contributed by atoms with van der Waals surface area (Å²) in [4.78, 5) is 23.1. The fourth-order valence-electron chi connectivity index (χ4n) is 8.08. The van der Waals surface area contributed by atoms with Gasteiger partial charge < -0.3 is 10.2 Å². The molecule has 27 heavy (non-hydrogen) atoms. The number of aliphatic carboxylic acids is 1. The van der Waals surface area contributed by atoms with Crippen LogP contribution in [0.1, 0.15) is 58.3 Å². The minimum Gasteiger partial charge on any atom is -0.478 e. The number of carboxylic acids is 1. The Morgan fingerprint density at radius 3 is 2.78 bits per heavy atom. The van der Waals surface area contributed by atoms with Gasteiger partial charge in [-0.25, -0.2) is 4.79 Å². The van der Waals surface area contributed by atoms with E-state index in [1.54, 1.807) is 6.08 Å². The molecule has 4 fully saturated rings. The highest BCUT2D eigenvalue weighted by Gasteiger charge is 2.68. The Balaban J connectivity index is 1.50. The zero-order valence-corrected chi connectivity index (χ0v) is 16.1. The van der Waals surface area contributed by atoms with Crippen molar-refractivity contribution in [2.24, 2.45) is 40.9 Å². The molecule has 4 saturated carbocycles. The molecule has 5 rings (SSSR count). The molecule has 0 aromatic carbocycles. The van der Waals surface area contributed by atoms with E-state index >= 15 is 0 Å². The van der Waals surface area contributed by atoms with Crippen LogP contribution in [0.3, 0.4) is 0 Å². The van der Waals surface area contributed by atoms with Crippen molar-refractivity contribution < 1.29 is 19.8 Å². The van der Waals surface area contributed by atoms with Gasteiger partial charge in [0, 0.05) is 17.9 Å². The molecule has 0 aromatic heterocycles. The highest BCUT2D eigenvalue weighted by atomic mass is 16.4. The van der Waals surface area contributed by atoms with Gasteiger partial charge in [0.1, 0.15) is 0 Å². The number of fused-ring (bicyclic) bond motifs is 8. The highest BCUT2D eigenvalue weighted by molar-refractivity contribution is 5.91. The number of hydrogen-bond donors (Lipinski definition) is 2. The second-order valence-electron chi connectivity index (χ2n) is 9.79. The number of rotatable bonds is 3. The summed E-state index contributed by atoms with van der Waals surface area (Å²) in [7, 11) is 0. The lowest BCUT2D eigenvalue weighted by molar-refractivity contribution is -0.132. The van der Waals surface area contributed by atoms with Crippen LogP contribution in [0.25, 0.3) is 0 Å². The highest BCUT2D eigenvalue weighted by Crippen LogP contribution is 2.72. The molecular weight excluding hydrogens is 340 g/mol. The normalized spacial score (nSPS) is 50.4. The van der Waals surface area contributed by atoms with E-state index in [-0.39, 0.29) is 5.41 Å². The SMILES string of the molecule is CC[C@]12CC[C@H]3[C@@H]([C@@H]4C[C@@H]4C4=CC(=O)CC[C@@H]43)[C@@H]1CC[C@@]2(O)/C=C\C(=O)O. The van der Waals surface area contributed by atoms with E-state index in [9.17, 15) is 14.7 Å². The fourth-order valence-corrected chi connectivity index (χ4v) is 8.08. The summed E-state index contributed by atoms with van der Waals surface area (Å²) in [5.74, 6) is 3.00. The molecular formula is C23H30O4. The van der Waals surface area contributed by atoms with Gasteiger partial charge in [0.25, 0.3) is 0 Å². The quantitative estimate of drug-likeness (QED) is 0.742. The maximum absolute atomic E-state index is 12.0. The van der Waals surface area contributed by atoms with Gasteiger partial charge >= 0.3 is 5.97 Å². The Bertz CT molecular complexity index is 751. The minimum atomic E-state index is -0.987. The van der Waals surface area contributed by atoms with Crippen molar-refractivity contribution >= 4 is 11.8 Å². The van der Waals surface area contributed by atoms with Gasteiger partial charge in [-0.1, -0.05) is 12.5 Å². The second kappa shape index (κ2) is 5.79. The van der Waals surface area contributed by atoms with Crippen molar-refractivity contribution in [3.05, 3.63) is 23.8 Å². The molecule has 0 saturated heterocycles. The lowest BCUT2D eigenvalue weighted by Crippen LogP contribution is -2.54. The van der Waals surface area contributed by atoms with Crippen molar-refractivity contribution in [3.63, 3.8) is 0 Å². The minimum absolute atomic E-state index is 0.182. The predicted molar refractivity (Wildman–Crippen MR) is 101 cm³/mol. The molecule has 5 aliphatic carbocycles. The third-order valence-electron chi connectivity index (χ3n) is 9.16. The van der Waals surface area contributed by atoms with Crippen LogP contribution in [-0.4, -0.2) is 27.6 Å². The summed E-state index contributed by atoms with van der Waals surface area (Å²) < 4.78 is 0. The zero-order chi connectivity index (χ0) is 19.0.